The molecule has 3 aliphatic rings. The fraction of sp³-hybridized carbons (Fsp3) is 0.895. The van der Waals surface area contributed by atoms with Crippen molar-refractivity contribution in [2.45, 2.75) is 193 Å². The third kappa shape index (κ3) is 49.4. The molecule has 41 heavy (non-hydrogen) atoms. The van der Waals surface area contributed by atoms with E-state index in [-0.39, 0.29) is 0 Å². The molecule has 0 amide bonds. The van der Waals surface area contributed by atoms with Crippen LogP contribution in [-0.4, -0.2) is 37.6 Å². The molecule has 3 aliphatic carbocycles. The van der Waals surface area contributed by atoms with Gasteiger partial charge in [0.1, 0.15) is 0 Å². The fourth-order valence-electron chi connectivity index (χ4n) is 5.54. The first-order chi connectivity index (χ1) is 20.4. The quantitative estimate of drug-likeness (QED) is 0.256. The minimum Gasteiger partial charge on any atom is -0.400 e. The van der Waals surface area contributed by atoms with Crippen LogP contribution in [0.2, 0.25) is 0 Å². The Bertz CT molecular complexity index is 269. The number of rotatable bonds is 4. The van der Waals surface area contributed by atoms with E-state index in [2.05, 4.69) is 13.2 Å². The second-order valence-corrected chi connectivity index (χ2v) is 11.7. The minimum atomic E-state index is 0.617. The predicted octanol–water partition coefficient (Wildman–Crippen LogP) is 12.3. The highest BCUT2D eigenvalue weighted by Crippen LogP contribution is 2.17. The summed E-state index contributed by atoms with van der Waals surface area (Å²) in [6.45, 7) is 8.18. The van der Waals surface area contributed by atoms with E-state index in [0.29, 0.717) is 13.2 Å². The van der Waals surface area contributed by atoms with Crippen LogP contribution >= 0.6 is 0 Å². The Hall–Kier alpha value is -0.640. The van der Waals surface area contributed by atoms with Gasteiger partial charge in [-0.3, -0.25) is 0 Å². The van der Waals surface area contributed by atoms with Gasteiger partial charge in [0.15, 0.2) is 0 Å². The van der Waals surface area contributed by atoms with Crippen molar-refractivity contribution in [2.75, 3.05) is 27.4 Å². The van der Waals surface area contributed by atoms with Gasteiger partial charge in [-0.15, -0.1) is 13.2 Å². The van der Waals surface area contributed by atoms with E-state index in [9.17, 15) is 0 Å². The van der Waals surface area contributed by atoms with E-state index in [1.54, 1.807) is 12.2 Å². The molecule has 0 saturated heterocycles. The van der Waals surface area contributed by atoms with Gasteiger partial charge in [-0.1, -0.05) is 205 Å². The third-order valence-corrected chi connectivity index (χ3v) is 7.97. The van der Waals surface area contributed by atoms with Crippen molar-refractivity contribution in [1.82, 2.24) is 0 Å². The van der Waals surface area contributed by atoms with Crippen LogP contribution < -0.4 is 0 Å². The molecule has 3 rings (SSSR count). The van der Waals surface area contributed by atoms with Gasteiger partial charge in [0.05, 0.1) is 13.2 Å². The first-order valence-electron chi connectivity index (χ1n) is 18.1. The van der Waals surface area contributed by atoms with Crippen LogP contribution in [0.25, 0.3) is 0 Å². The molecule has 0 aromatic rings. The molecule has 0 radical (unpaired) electrons. The van der Waals surface area contributed by atoms with Gasteiger partial charge >= 0.3 is 0 Å². The number of hydrogen-bond acceptors (Lipinski definition) is 3. The van der Waals surface area contributed by atoms with Crippen molar-refractivity contribution in [1.29, 1.82) is 0 Å². The van der Waals surface area contributed by atoms with Gasteiger partial charge in [-0.2, -0.15) is 0 Å². The van der Waals surface area contributed by atoms with Gasteiger partial charge in [0, 0.05) is 14.2 Å². The molecule has 2 N–H and O–H groups in total. The van der Waals surface area contributed by atoms with Gasteiger partial charge in [-0.05, 0) is 0 Å². The number of hydrogen-bond donors (Lipinski definition) is 2. The molecule has 0 unspecified atom stereocenters. The SMILES string of the molecule is C1CCCCCCCCC1.C1CCCCCCCCC1.C1CCCCCCCCC1.C=CCOCC=C.CO.CO. The summed E-state index contributed by atoms with van der Waals surface area (Å²) in [7, 11) is 2.00. The monoisotopic (exact) mass is 583 g/mol. The number of aliphatic hydroxyl groups is 2. The second-order valence-electron chi connectivity index (χ2n) is 11.7. The Morgan fingerprint density at radius 1 is 0.317 bits per heavy atom. The van der Waals surface area contributed by atoms with Crippen molar-refractivity contribution >= 4 is 0 Å². The summed E-state index contributed by atoms with van der Waals surface area (Å²) < 4.78 is 4.90. The molecule has 3 heteroatoms. The molecule has 0 bridgehead atoms. The summed E-state index contributed by atoms with van der Waals surface area (Å²) in [4.78, 5) is 0. The van der Waals surface area contributed by atoms with Crippen molar-refractivity contribution in [2.24, 2.45) is 0 Å². The van der Waals surface area contributed by atoms with Crippen LogP contribution in [-0.2, 0) is 4.74 Å². The zero-order valence-electron chi connectivity index (χ0n) is 28.5. The second kappa shape index (κ2) is 49.1. The lowest BCUT2D eigenvalue weighted by molar-refractivity contribution is 0.194. The van der Waals surface area contributed by atoms with Gasteiger partial charge in [-0.25, -0.2) is 0 Å². The molecule has 0 heterocycles. The van der Waals surface area contributed by atoms with Crippen molar-refractivity contribution < 1.29 is 14.9 Å². The van der Waals surface area contributed by atoms with Crippen molar-refractivity contribution in [3.63, 3.8) is 0 Å². The Kier molecular flexibility index (Phi) is 53.6. The topological polar surface area (TPSA) is 49.7 Å². The summed E-state index contributed by atoms with van der Waals surface area (Å²) in [5.74, 6) is 0. The summed E-state index contributed by atoms with van der Waals surface area (Å²) >= 11 is 0. The van der Waals surface area contributed by atoms with Crippen LogP contribution in [0.1, 0.15) is 193 Å². The lowest BCUT2D eigenvalue weighted by atomic mass is 10.0. The van der Waals surface area contributed by atoms with Gasteiger partial charge in [0.25, 0.3) is 0 Å². The van der Waals surface area contributed by atoms with Gasteiger partial charge in [0.2, 0.25) is 0 Å². The first-order valence-corrected chi connectivity index (χ1v) is 18.1. The lowest BCUT2D eigenvalue weighted by Crippen LogP contribution is -1.87. The molecule has 0 atom stereocenters. The standard InChI is InChI=1S/3C10H20.C6H10O.2CH4O/c3*1-2-4-6-8-10-9-7-5-3-1;1-3-5-7-6-4-2;2*1-2/h3*1-10H2;3-4H,1-2,5-6H2;2*2H,1H3. The molecule has 248 valence electrons. The van der Waals surface area contributed by atoms with E-state index in [0.717, 1.165) is 14.2 Å². The number of ether oxygens (including phenoxy) is 1. The maximum Gasteiger partial charge on any atom is 0.0649 e. The highest BCUT2D eigenvalue weighted by atomic mass is 16.5. The molecular formula is C38H78O3. The van der Waals surface area contributed by atoms with Crippen LogP contribution in [0.3, 0.4) is 0 Å². The van der Waals surface area contributed by atoms with Crippen LogP contribution in [0.5, 0.6) is 0 Å². The van der Waals surface area contributed by atoms with E-state index in [1.807, 2.05) is 0 Å². The van der Waals surface area contributed by atoms with E-state index >= 15 is 0 Å². The smallest absolute Gasteiger partial charge is 0.0649 e. The van der Waals surface area contributed by atoms with E-state index in [1.165, 1.54) is 193 Å². The maximum absolute atomic E-state index is 7.00. The average Bonchev–Trinajstić information content (AvgIpc) is 3.05. The largest absolute Gasteiger partial charge is 0.400 e. The Labute approximate surface area is 260 Å². The van der Waals surface area contributed by atoms with Crippen LogP contribution in [0.4, 0.5) is 0 Å². The number of aliphatic hydroxyl groups excluding tert-OH is 2. The predicted molar refractivity (Wildman–Crippen MR) is 186 cm³/mol. The molecular weight excluding hydrogens is 504 g/mol. The Morgan fingerprint density at radius 2 is 0.415 bits per heavy atom. The molecule has 0 aromatic heterocycles. The molecule has 3 saturated carbocycles. The molecule has 3 fully saturated rings. The highest BCUT2D eigenvalue weighted by molar-refractivity contribution is 4.68. The summed E-state index contributed by atoms with van der Waals surface area (Å²) in [5.41, 5.74) is 0. The minimum absolute atomic E-state index is 0.617. The Balaban J connectivity index is -0.000000454. The van der Waals surface area contributed by atoms with Crippen molar-refractivity contribution in [3.05, 3.63) is 25.3 Å². The highest BCUT2D eigenvalue weighted by Gasteiger charge is 1.97. The maximum atomic E-state index is 7.00. The average molecular weight is 583 g/mol. The van der Waals surface area contributed by atoms with Gasteiger partial charge < -0.3 is 14.9 Å². The van der Waals surface area contributed by atoms with Crippen LogP contribution in [0, 0.1) is 0 Å². The normalized spacial score (nSPS) is 19.2. The van der Waals surface area contributed by atoms with E-state index in [4.69, 9.17) is 14.9 Å². The third-order valence-electron chi connectivity index (χ3n) is 7.97. The fourth-order valence-corrected chi connectivity index (χ4v) is 5.54. The summed E-state index contributed by atoms with van der Waals surface area (Å²) in [6, 6.07) is 0. The summed E-state index contributed by atoms with van der Waals surface area (Å²) in [6.07, 6.45) is 48.4. The molecule has 0 aromatic carbocycles. The zero-order valence-corrected chi connectivity index (χ0v) is 28.5. The molecule has 3 nitrogen and oxygen atoms in total. The molecule has 0 spiro atoms. The zero-order chi connectivity index (χ0) is 30.7. The first kappa shape index (κ1) is 44.8. The Morgan fingerprint density at radius 3 is 0.488 bits per heavy atom. The van der Waals surface area contributed by atoms with Crippen molar-refractivity contribution in [3.8, 4) is 0 Å². The van der Waals surface area contributed by atoms with E-state index < -0.39 is 0 Å². The molecule has 0 aliphatic heterocycles. The summed E-state index contributed by atoms with van der Waals surface area (Å²) in [5, 5.41) is 14.0. The van der Waals surface area contributed by atoms with Crippen LogP contribution in [0.15, 0.2) is 25.3 Å². The lowest BCUT2D eigenvalue weighted by Gasteiger charge is -2.05.